The standard InChI is InChI=1S/C17H19ClN2O4S/c1-10-7-11(18)3-4-12(10)19-14(21)8-24-16(23)13-9-25-17(2)6-5-15(22)20(13)17/h3-4,7,13H,5-6,8-9H2,1-2H3,(H,19,21)/t13-,17+/m0/s1. The van der Waals surface area contributed by atoms with Crippen LogP contribution in [0.25, 0.3) is 0 Å². The summed E-state index contributed by atoms with van der Waals surface area (Å²) in [4.78, 5) is 37.7. The van der Waals surface area contributed by atoms with Crippen molar-refractivity contribution in [3.63, 3.8) is 0 Å². The molecule has 2 atom stereocenters. The molecule has 1 aromatic carbocycles. The monoisotopic (exact) mass is 382 g/mol. The number of esters is 1. The maximum atomic E-state index is 12.3. The highest BCUT2D eigenvalue weighted by Gasteiger charge is 2.53. The molecule has 1 aromatic rings. The third-order valence-corrected chi connectivity index (χ3v) is 6.27. The highest BCUT2D eigenvalue weighted by molar-refractivity contribution is 8.01. The number of carbonyl (C=O) groups is 3. The molecule has 3 rings (SSSR count). The second-order valence-electron chi connectivity index (χ2n) is 6.38. The van der Waals surface area contributed by atoms with Crippen molar-refractivity contribution in [2.45, 2.75) is 37.6 Å². The zero-order valence-corrected chi connectivity index (χ0v) is 15.6. The fourth-order valence-electron chi connectivity index (χ4n) is 3.18. The van der Waals surface area contributed by atoms with Crippen molar-refractivity contribution in [2.24, 2.45) is 0 Å². The number of thioether (sulfide) groups is 1. The molecule has 2 saturated heterocycles. The van der Waals surface area contributed by atoms with Gasteiger partial charge in [-0.25, -0.2) is 4.79 Å². The lowest BCUT2D eigenvalue weighted by molar-refractivity contribution is -0.155. The van der Waals surface area contributed by atoms with Gasteiger partial charge in [-0.15, -0.1) is 11.8 Å². The number of nitrogens with zero attached hydrogens (tertiary/aromatic N) is 1. The van der Waals surface area contributed by atoms with Crippen LogP contribution >= 0.6 is 23.4 Å². The molecule has 8 heteroatoms. The molecule has 1 N–H and O–H groups in total. The van der Waals surface area contributed by atoms with E-state index < -0.39 is 17.9 Å². The number of anilines is 1. The van der Waals surface area contributed by atoms with Crippen molar-refractivity contribution in [3.8, 4) is 0 Å². The molecule has 0 saturated carbocycles. The van der Waals surface area contributed by atoms with Crippen LogP contribution in [0.5, 0.6) is 0 Å². The lowest BCUT2D eigenvalue weighted by Gasteiger charge is -2.29. The fraction of sp³-hybridized carbons (Fsp3) is 0.471. The maximum Gasteiger partial charge on any atom is 0.330 e. The lowest BCUT2D eigenvalue weighted by atomic mass is 10.2. The first-order valence-electron chi connectivity index (χ1n) is 7.99. The Morgan fingerprint density at radius 2 is 2.24 bits per heavy atom. The molecule has 2 heterocycles. The largest absolute Gasteiger partial charge is 0.454 e. The Labute approximate surface area is 155 Å². The molecule has 134 valence electrons. The number of nitrogens with one attached hydrogen (secondary N) is 1. The number of aryl methyl sites for hydroxylation is 1. The van der Waals surface area contributed by atoms with Crippen molar-refractivity contribution in [1.82, 2.24) is 4.90 Å². The minimum Gasteiger partial charge on any atom is -0.454 e. The van der Waals surface area contributed by atoms with Gasteiger partial charge in [-0.05, 0) is 44.0 Å². The average molecular weight is 383 g/mol. The Morgan fingerprint density at radius 3 is 2.96 bits per heavy atom. The van der Waals surface area contributed by atoms with Gasteiger partial charge in [-0.2, -0.15) is 0 Å². The Morgan fingerprint density at radius 1 is 1.48 bits per heavy atom. The summed E-state index contributed by atoms with van der Waals surface area (Å²) in [5.41, 5.74) is 1.43. The summed E-state index contributed by atoms with van der Waals surface area (Å²) >= 11 is 7.47. The van der Waals surface area contributed by atoms with Crippen LogP contribution in [0.2, 0.25) is 5.02 Å². The molecule has 0 bridgehead atoms. The first-order chi connectivity index (χ1) is 11.8. The van der Waals surface area contributed by atoms with Gasteiger partial charge < -0.3 is 15.0 Å². The van der Waals surface area contributed by atoms with E-state index in [0.29, 0.717) is 22.9 Å². The van der Waals surface area contributed by atoms with Crippen LogP contribution in [0.15, 0.2) is 18.2 Å². The number of fused-ring (bicyclic) bond motifs is 1. The molecule has 0 aliphatic carbocycles. The van der Waals surface area contributed by atoms with Gasteiger partial charge in [-0.1, -0.05) is 11.6 Å². The summed E-state index contributed by atoms with van der Waals surface area (Å²) in [6.45, 7) is 3.40. The molecular formula is C17H19ClN2O4S. The third kappa shape index (κ3) is 3.62. The van der Waals surface area contributed by atoms with Crippen LogP contribution in [-0.4, -0.2) is 46.0 Å². The van der Waals surface area contributed by atoms with Crippen LogP contribution in [0.1, 0.15) is 25.3 Å². The van der Waals surface area contributed by atoms with Crippen LogP contribution in [-0.2, 0) is 19.1 Å². The van der Waals surface area contributed by atoms with E-state index >= 15 is 0 Å². The first kappa shape index (κ1) is 18.1. The Bertz CT molecular complexity index is 741. The minimum atomic E-state index is -0.616. The molecule has 2 aliphatic heterocycles. The number of benzene rings is 1. The van der Waals surface area contributed by atoms with E-state index in [1.807, 2.05) is 13.8 Å². The fourth-order valence-corrected chi connectivity index (χ4v) is 4.82. The molecule has 0 radical (unpaired) electrons. The van der Waals surface area contributed by atoms with Gasteiger partial charge in [0.25, 0.3) is 5.91 Å². The van der Waals surface area contributed by atoms with Gasteiger partial charge >= 0.3 is 5.97 Å². The normalized spacial score (nSPS) is 25.0. The quantitative estimate of drug-likeness (QED) is 0.810. The van der Waals surface area contributed by atoms with Gasteiger partial charge in [0.15, 0.2) is 6.61 Å². The summed E-state index contributed by atoms with van der Waals surface area (Å²) in [5, 5.41) is 3.27. The van der Waals surface area contributed by atoms with E-state index in [4.69, 9.17) is 16.3 Å². The number of halogens is 1. The van der Waals surface area contributed by atoms with E-state index in [-0.39, 0.29) is 17.4 Å². The number of rotatable bonds is 4. The predicted molar refractivity (Wildman–Crippen MR) is 96.5 cm³/mol. The molecule has 2 aliphatic rings. The highest BCUT2D eigenvalue weighted by atomic mass is 35.5. The summed E-state index contributed by atoms with van der Waals surface area (Å²) in [7, 11) is 0. The van der Waals surface area contributed by atoms with E-state index in [1.54, 1.807) is 34.9 Å². The van der Waals surface area contributed by atoms with Gasteiger partial charge in [0.1, 0.15) is 6.04 Å². The summed E-state index contributed by atoms with van der Waals surface area (Å²) in [5.74, 6) is -0.496. The third-order valence-electron chi connectivity index (χ3n) is 4.52. The zero-order chi connectivity index (χ0) is 18.2. The Balaban J connectivity index is 1.55. The summed E-state index contributed by atoms with van der Waals surface area (Å²) in [6, 6.07) is 4.49. The topological polar surface area (TPSA) is 75.7 Å². The van der Waals surface area contributed by atoms with Gasteiger partial charge in [-0.3, -0.25) is 9.59 Å². The van der Waals surface area contributed by atoms with Crippen LogP contribution in [0.3, 0.4) is 0 Å². The van der Waals surface area contributed by atoms with E-state index in [2.05, 4.69) is 5.32 Å². The minimum absolute atomic E-state index is 0.0318. The molecule has 0 spiro atoms. The molecule has 0 unspecified atom stereocenters. The Hall–Kier alpha value is -1.73. The molecular weight excluding hydrogens is 364 g/mol. The number of amides is 2. The lowest BCUT2D eigenvalue weighted by Crippen LogP contribution is -2.47. The van der Waals surface area contributed by atoms with Crippen molar-refractivity contribution < 1.29 is 19.1 Å². The second-order valence-corrected chi connectivity index (χ2v) is 8.32. The smallest absolute Gasteiger partial charge is 0.330 e. The predicted octanol–water partition coefficient (Wildman–Crippen LogP) is 2.58. The maximum absolute atomic E-state index is 12.3. The van der Waals surface area contributed by atoms with Gasteiger partial charge in [0.2, 0.25) is 5.91 Å². The van der Waals surface area contributed by atoms with Crippen molar-refractivity contribution in [2.75, 3.05) is 17.7 Å². The number of carbonyl (C=O) groups excluding carboxylic acids is 3. The van der Waals surface area contributed by atoms with Crippen LogP contribution < -0.4 is 5.32 Å². The number of hydrogen-bond donors (Lipinski definition) is 1. The van der Waals surface area contributed by atoms with Crippen LogP contribution in [0, 0.1) is 6.92 Å². The first-order valence-corrected chi connectivity index (χ1v) is 9.35. The average Bonchev–Trinajstić information content (AvgIpc) is 3.04. The molecule has 6 nitrogen and oxygen atoms in total. The van der Waals surface area contributed by atoms with Crippen molar-refractivity contribution in [1.29, 1.82) is 0 Å². The van der Waals surface area contributed by atoms with E-state index in [9.17, 15) is 14.4 Å². The van der Waals surface area contributed by atoms with Crippen molar-refractivity contribution in [3.05, 3.63) is 28.8 Å². The van der Waals surface area contributed by atoms with Crippen molar-refractivity contribution >= 4 is 46.8 Å². The molecule has 0 aromatic heterocycles. The van der Waals surface area contributed by atoms with E-state index in [0.717, 1.165) is 12.0 Å². The number of hydrogen-bond acceptors (Lipinski definition) is 5. The van der Waals surface area contributed by atoms with Gasteiger partial charge in [0, 0.05) is 22.9 Å². The number of ether oxygens (including phenoxy) is 1. The molecule has 2 fully saturated rings. The molecule has 25 heavy (non-hydrogen) atoms. The molecule has 2 amide bonds. The zero-order valence-electron chi connectivity index (χ0n) is 14.0. The van der Waals surface area contributed by atoms with E-state index in [1.165, 1.54) is 0 Å². The summed E-state index contributed by atoms with van der Waals surface area (Å²) < 4.78 is 5.14. The van der Waals surface area contributed by atoms with Crippen LogP contribution in [0.4, 0.5) is 5.69 Å². The second kappa shape index (κ2) is 6.88. The SMILES string of the molecule is Cc1cc(Cl)ccc1NC(=O)COC(=O)[C@@H]1CS[C@]2(C)CCC(=O)N12. The Kier molecular flexibility index (Phi) is 4.97. The summed E-state index contributed by atoms with van der Waals surface area (Å²) in [6.07, 6.45) is 1.18. The highest BCUT2D eigenvalue weighted by Crippen LogP contribution is 2.47. The van der Waals surface area contributed by atoms with Gasteiger partial charge in [0.05, 0.1) is 4.87 Å².